The number of rotatable bonds is 2. The monoisotopic (exact) mass is 314 g/mol. The summed E-state index contributed by atoms with van der Waals surface area (Å²) in [6.07, 6.45) is 0. The average Bonchev–Trinajstić information content (AvgIpc) is 2.57. The maximum Gasteiger partial charge on any atom is 0.357 e. The molecule has 6 heteroatoms. The number of para-hydroxylation sites is 1. The van der Waals surface area contributed by atoms with E-state index in [9.17, 15) is 4.79 Å². The molecule has 0 radical (unpaired) electrons. The molecule has 1 heterocycles. The largest absolute Gasteiger partial charge is 0.476 e. The third-order valence-corrected chi connectivity index (χ3v) is 3.60. The molecule has 4 nitrogen and oxygen atoms in total. The minimum atomic E-state index is -1.08. The Hall–Kier alpha value is -1.33. The molecular weight excluding hydrogens is 307 g/mol. The molecule has 0 spiro atoms. The summed E-state index contributed by atoms with van der Waals surface area (Å²) in [4.78, 5) is 11.0. The van der Waals surface area contributed by atoms with Crippen LogP contribution in [0.3, 0.4) is 0 Å². The van der Waals surface area contributed by atoms with Gasteiger partial charge in [0.25, 0.3) is 0 Å². The fourth-order valence-corrected chi connectivity index (χ4v) is 2.11. The molecule has 0 aliphatic heterocycles. The number of aromatic nitrogens is 2. The number of aromatic carboxylic acids is 1. The molecule has 0 atom stereocenters. The number of benzene rings is 1. The smallest absolute Gasteiger partial charge is 0.357 e. The van der Waals surface area contributed by atoms with Crippen molar-refractivity contribution in [1.29, 1.82) is 0 Å². The van der Waals surface area contributed by atoms with Crippen molar-refractivity contribution in [2.45, 2.75) is 6.92 Å². The Bertz CT molecular complexity index is 595. The van der Waals surface area contributed by atoms with Gasteiger partial charge in [0.05, 0.1) is 20.9 Å². The van der Waals surface area contributed by atoms with Crippen molar-refractivity contribution in [3.05, 3.63) is 45.1 Å². The van der Waals surface area contributed by atoms with Crippen molar-refractivity contribution >= 4 is 33.5 Å². The Morgan fingerprint density at radius 1 is 1.47 bits per heavy atom. The van der Waals surface area contributed by atoms with E-state index in [1.54, 1.807) is 25.1 Å². The number of hydrogen-bond donors (Lipinski definition) is 1. The first-order chi connectivity index (χ1) is 8.02. The van der Waals surface area contributed by atoms with Crippen LogP contribution in [0.2, 0.25) is 5.02 Å². The third-order valence-electron chi connectivity index (χ3n) is 2.33. The summed E-state index contributed by atoms with van der Waals surface area (Å²) in [5, 5.41) is 13.5. The standard InChI is InChI=1S/C11H8BrClN2O2/c1-6-9(12)10(11(16)17)14-15(6)8-5-3-2-4-7(8)13/h2-5H,1H3,(H,16,17). The number of carboxylic acids is 1. The van der Waals surface area contributed by atoms with Gasteiger partial charge >= 0.3 is 5.97 Å². The van der Waals surface area contributed by atoms with E-state index in [4.69, 9.17) is 16.7 Å². The van der Waals surface area contributed by atoms with Gasteiger partial charge in [0.15, 0.2) is 5.69 Å². The number of carboxylic acid groups (broad SMARTS) is 1. The van der Waals surface area contributed by atoms with E-state index in [0.717, 1.165) is 0 Å². The summed E-state index contributed by atoms with van der Waals surface area (Å²) < 4.78 is 1.97. The van der Waals surface area contributed by atoms with Gasteiger partial charge in [-0.15, -0.1) is 0 Å². The summed E-state index contributed by atoms with van der Waals surface area (Å²) in [6, 6.07) is 7.13. The zero-order valence-electron chi connectivity index (χ0n) is 8.82. The van der Waals surface area contributed by atoms with Crippen molar-refractivity contribution in [3.8, 4) is 5.69 Å². The molecule has 0 saturated heterocycles. The average molecular weight is 316 g/mol. The van der Waals surface area contributed by atoms with Gasteiger partial charge in [-0.05, 0) is 35.0 Å². The minimum Gasteiger partial charge on any atom is -0.476 e. The molecule has 0 fully saturated rings. The molecule has 0 aliphatic rings. The molecule has 2 rings (SSSR count). The zero-order valence-corrected chi connectivity index (χ0v) is 11.2. The van der Waals surface area contributed by atoms with Crippen LogP contribution in [0, 0.1) is 6.92 Å². The van der Waals surface area contributed by atoms with Crippen LogP contribution in [0.1, 0.15) is 16.2 Å². The van der Waals surface area contributed by atoms with Crippen molar-refractivity contribution in [2.75, 3.05) is 0 Å². The highest BCUT2D eigenvalue weighted by Crippen LogP contribution is 2.27. The van der Waals surface area contributed by atoms with E-state index in [1.807, 2.05) is 6.07 Å². The number of hydrogen-bond acceptors (Lipinski definition) is 2. The second kappa shape index (κ2) is 4.50. The van der Waals surface area contributed by atoms with Crippen molar-refractivity contribution in [3.63, 3.8) is 0 Å². The molecule has 1 aromatic heterocycles. The zero-order chi connectivity index (χ0) is 12.6. The van der Waals surface area contributed by atoms with Gasteiger partial charge in [-0.2, -0.15) is 5.10 Å². The predicted molar refractivity (Wildman–Crippen MR) is 68.0 cm³/mol. The molecule has 1 aromatic carbocycles. The highest BCUT2D eigenvalue weighted by Gasteiger charge is 2.19. The third kappa shape index (κ3) is 2.08. The molecule has 0 bridgehead atoms. The molecule has 2 aromatic rings. The van der Waals surface area contributed by atoms with E-state index in [0.29, 0.717) is 20.9 Å². The summed E-state index contributed by atoms with van der Waals surface area (Å²) >= 11 is 9.26. The summed E-state index contributed by atoms with van der Waals surface area (Å²) in [5.74, 6) is -1.08. The lowest BCUT2D eigenvalue weighted by molar-refractivity contribution is 0.0689. The maximum absolute atomic E-state index is 11.0. The van der Waals surface area contributed by atoms with Crippen LogP contribution < -0.4 is 0 Å². The lowest BCUT2D eigenvalue weighted by Crippen LogP contribution is -2.02. The highest BCUT2D eigenvalue weighted by atomic mass is 79.9. The van der Waals surface area contributed by atoms with E-state index in [-0.39, 0.29) is 5.69 Å². The summed E-state index contributed by atoms with van der Waals surface area (Å²) in [6.45, 7) is 1.77. The quantitative estimate of drug-likeness (QED) is 0.925. The van der Waals surface area contributed by atoms with Crippen molar-refractivity contribution < 1.29 is 9.90 Å². The molecule has 1 N–H and O–H groups in total. The Balaban J connectivity index is 2.66. The second-order valence-corrected chi connectivity index (χ2v) is 4.62. The van der Waals surface area contributed by atoms with Crippen molar-refractivity contribution in [2.24, 2.45) is 0 Å². The predicted octanol–water partition coefficient (Wildman–Crippen LogP) is 3.29. The number of carbonyl (C=O) groups is 1. The van der Waals surface area contributed by atoms with Crippen LogP contribution in [0.4, 0.5) is 0 Å². The van der Waals surface area contributed by atoms with Crippen LogP contribution >= 0.6 is 27.5 Å². The first kappa shape index (κ1) is 12.1. The molecule has 0 unspecified atom stereocenters. The van der Waals surface area contributed by atoms with Gasteiger partial charge in [-0.1, -0.05) is 23.7 Å². The van der Waals surface area contributed by atoms with Gasteiger partial charge in [-0.25, -0.2) is 9.48 Å². The van der Waals surface area contributed by atoms with E-state index in [2.05, 4.69) is 21.0 Å². The van der Waals surface area contributed by atoms with E-state index < -0.39 is 5.97 Å². The highest BCUT2D eigenvalue weighted by molar-refractivity contribution is 9.10. The summed E-state index contributed by atoms with van der Waals surface area (Å²) in [7, 11) is 0. The lowest BCUT2D eigenvalue weighted by Gasteiger charge is -2.05. The molecule has 88 valence electrons. The fourth-order valence-electron chi connectivity index (χ4n) is 1.48. The normalized spacial score (nSPS) is 10.5. The molecule has 0 saturated carbocycles. The van der Waals surface area contributed by atoms with Gasteiger partial charge < -0.3 is 5.11 Å². The van der Waals surface area contributed by atoms with Crippen LogP contribution in [0.25, 0.3) is 5.69 Å². The first-order valence-corrected chi connectivity index (χ1v) is 5.92. The van der Waals surface area contributed by atoms with E-state index >= 15 is 0 Å². The molecule has 0 aliphatic carbocycles. The van der Waals surface area contributed by atoms with Gasteiger partial charge in [0.1, 0.15) is 0 Å². The van der Waals surface area contributed by atoms with Crippen LogP contribution in [0.15, 0.2) is 28.7 Å². The maximum atomic E-state index is 11.0. The molecule has 0 amide bonds. The fraction of sp³-hybridized carbons (Fsp3) is 0.0909. The van der Waals surface area contributed by atoms with Crippen LogP contribution in [-0.4, -0.2) is 20.9 Å². The number of halogens is 2. The topological polar surface area (TPSA) is 55.1 Å². The van der Waals surface area contributed by atoms with Gasteiger partial charge in [0, 0.05) is 0 Å². The SMILES string of the molecule is Cc1c(Br)c(C(=O)O)nn1-c1ccccc1Cl. The first-order valence-electron chi connectivity index (χ1n) is 4.75. The van der Waals surface area contributed by atoms with Crippen LogP contribution in [-0.2, 0) is 0 Å². The molecule has 17 heavy (non-hydrogen) atoms. The number of nitrogens with zero attached hydrogens (tertiary/aromatic N) is 2. The Morgan fingerprint density at radius 2 is 2.12 bits per heavy atom. The van der Waals surface area contributed by atoms with Gasteiger partial charge in [-0.3, -0.25) is 0 Å². The Kier molecular flexibility index (Phi) is 3.22. The van der Waals surface area contributed by atoms with E-state index in [1.165, 1.54) is 4.68 Å². The lowest BCUT2D eigenvalue weighted by atomic mass is 10.3. The molecular formula is C11H8BrClN2O2. The summed E-state index contributed by atoms with van der Waals surface area (Å²) in [5.41, 5.74) is 1.32. The Labute approximate surface area is 111 Å². The van der Waals surface area contributed by atoms with Crippen molar-refractivity contribution in [1.82, 2.24) is 9.78 Å². The second-order valence-electron chi connectivity index (χ2n) is 3.42. The minimum absolute atomic E-state index is 0.0255. The van der Waals surface area contributed by atoms with Gasteiger partial charge in [0.2, 0.25) is 0 Å². The Morgan fingerprint density at radius 3 is 2.65 bits per heavy atom. The van der Waals surface area contributed by atoms with Crippen LogP contribution in [0.5, 0.6) is 0 Å².